The molecule has 1 heterocycles. The second-order valence-corrected chi connectivity index (χ2v) is 18.0. The molecule has 0 aromatic heterocycles. The summed E-state index contributed by atoms with van der Waals surface area (Å²) in [6.45, 7) is 23.1. The van der Waals surface area contributed by atoms with E-state index < -0.39 is 10.8 Å². The van der Waals surface area contributed by atoms with E-state index in [9.17, 15) is 9.59 Å². The summed E-state index contributed by atoms with van der Waals surface area (Å²) in [4.78, 5) is 26.0. The van der Waals surface area contributed by atoms with Gasteiger partial charge in [0.15, 0.2) is 0 Å². The summed E-state index contributed by atoms with van der Waals surface area (Å²) in [6.07, 6.45) is 18.5. The van der Waals surface area contributed by atoms with Crippen LogP contribution < -0.4 is 0 Å². The maximum atomic E-state index is 13.0. The Labute approximate surface area is 285 Å². The van der Waals surface area contributed by atoms with Gasteiger partial charge in [0.05, 0.1) is 36.8 Å². The quantitative estimate of drug-likeness (QED) is 0.141. The molecule has 6 rings (SSSR count). The third kappa shape index (κ3) is 5.61. The highest BCUT2D eigenvalue weighted by Gasteiger charge is 2.62. The van der Waals surface area contributed by atoms with Crippen LogP contribution in [0.3, 0.4) is 0 Å². The van der Waals surface area contributed by atoms with Crippen LogP contribution in [0.5, 0.6) is 0 Å². The van der Waals surface area contributed by atoms with Crippen molar-refractivity contribution in [3.63, 3.8) is 0 Å². The molecule has 5 nitrogen and oxygen atoms in total. The number of allylic oxidation sites excluding steroid dienone is 3. The molecule has 0 N–H and O–H groups in total. The minimum absolute atomic E-state index is 0.0254. The van der Waals surface area contributed by atoms with Crippen molar-refractivity contribution in [2.75, 3.05) is 14.2 Å². The van der Waals surface area contributed by atoms with Crippen molar-refractivity contribution in [3.8, 4) is 0 Å². The molecule has 0 aromatic carbocycles. The van der Waals surface area contributed by atoms with E-state index in [0.29, 0.717) is 35.7 Å². The lowest BCUT2D eigenvalue weighted by Crippen LogP contribution is -2.53. The van der Waals surface area contributed by atoms with E-state index in [1.54, 1.807) is 14.2 Å². The Bertz CT molecular complexity index is 1300. The number of ether oxygens (including phenoxy) is 3. The molecule has 0 amide bonds. The van der Waals surface area contributed by atoms with Gasteiger partial charge in [0.2, 0.25) is 0 Å². The zero-order chi connectivity index (χ0) is 34.0. The Morgan fingerprint density at radius 3 is 1.77 bits per heavy atom. The van der Waals surface area contributed by atoms with E-state index >= 15 is 0 Å². The van der Waals surface area contributed by atoms with Gasteiger partial charge in [-0.15, -0.1) is 0 Å². The molecule has 6 aliphatic rings. The minimum atomic E-state index is -0.395. The highest BCUT2D eigenvalue weighted by Crippen LogP contribution is 2.65. The molecule has 11 unspecified atom stereocenters. The van der Waals surface area contributed by atoms with Crippen LogP contribution >= 0.6 is 0 Å². The van der Waals surface area contributed by atoms with Crippen molar-refractivity contribution in [1.29, 1.82) is 0 Å². The average Bonchev–Trinajstić information content (AvgIpc) is 3.76. The van der Waals surface area contributed by atoms with Gasteiger partial charge in [-0.05, 0) is 151 Å². The molecule has 5 saturated carbocycles. The topological polar surface area (TPSA) is 65.1 Å². The van der Waals surface area contributed by atoms with Crippen molar-refractivity contribution >= 4 is 11.9 Å². The van der Waals surface area contributed by atoms with E-state index in [1.807, 2.05) is 0 Å². The number of carbonyl (C=O) groups excluding carboxylic acids is 2. The lowest BCUT2D eigenvalue weighted by Gasteiger charge is -2.57. The van der Waals surface area contributed by atoms with Crippen molar-refractivity contribution in [2.24, 2.45) is 51.2 Å². The number of rotatable bonds is 9. The van der Waals surface area contributed by atoms with Crippen molar-refractivity contribution < 1.29 is 23.8 Å². The van der Waals surface area contributed by atoms with E-state index in [0.717, 1.165) is 103 Å². The zero-order valence-electron chi connectivity index (χ0n) is 30.6. The second-order valence-electron chi connectivity index (χ2n) is 18.0. The van der Waals surface area contributed by atoms with Gasteiger partial charge in [-0.3, -0.25) is 9.59 Å². The number of fused-ring (bicyclic) bond motifs is 3. The van der Waals surface area contributed by atoms with Crippen LogP contribution in [-0.4, -0.2) is 37.9 Å². The molecule has 47 heavy (non-hydrogen) atoms. The number of epoxide rings is 1. The van der Waals surface area contributed by atoms with Crippen molar-refractivity contribution in [1.82, 2.24) is 0 Å². The highest BCUT2D eigenvalue weighted by molar-refractivity contribution is 5.77. The molecule has 262 valence electrons. The summed E-state index contributed by atoms with van der Waals surface area (Å²) in [5.41, 5.74) is 3.57. The molecular formula is C42H64O5. The number of hydrogen-bond acceptors (Lipinski definition) is 5. The van der Waals surface area contributed by atoms with Crippen LogP contribution in [0.2, 0.25) is 0 Å². The molecule has 11 atom stereocenters. The van der Waals surface area contributed by atoms with E-state index in [4.69, 9.17) is 14.2 Å². The summed E-state index contributed by atoms with van der Waals surface area (Å²) in [7, 11) is 3.10. The van der Waals surface area contributed by atoms with Crippen LogP contribution in [0.4, 0.5) is 0 Å². The molecule has 5 heteroatoms. The summed E-state index contributed by atoms with van der Waals surface area (Å²) in [5.74, 6) is 2.02. The molecule has 5 aliphatic carbocycles. The number of methoxy groups -OCH3 is 2. The first kappa shape index (κ1) is 35.0. The monoisotopic (exact) mass is 648 g/mol. The Balaban J connectivity index is 1.05. The van der Waals surface area contributed by atoms with E-state index in [2.05, 4.69) is 47.4 Å². The molecule has 6 fully saturated rings. The van der Waals surface area contributed by atoms with E-state index in [1.165, 1.54) is 23.1 Å². The predicted octanol–water partition coefficient (Wildman–Crippen LogP) is 9.94. The van der Waals surface area contributed by atoms with Gasteiger partial charge in [0.1, 0.15) is 0 Å². The molecule has 0 aromatic rings. The van der Waals surface area contributed by atoms with Gasteiger partial charge < -0.3 is 14.2 Å². The van der Waals surface area contributed by atoms with Gasteiger partial charge in [-0.2, -0.15) is 0 Å². The third-order valence-electron chi connectivity index (χ3n) is 15.9. The molecule has 0 bridgehead atoms. The number of hydrogen-bond donors (Lipinski definition) is 0. The first-order valence-electron chi connectivity index (χ1n) is 19.1. The fourth-order valence-corrected chi connectivity index (χ4v) is 13.1. The highest BCUT2D eigenvalue weighted by atomic mass is 16.6. The Morgan fingerprint density at radius 2 is 1.28 bits per heavy atom. The molecule has 0 radical (unpaired) electrons. The van der Waals surface area contributed by atoms with E-state index in [-0.39, 0.29) is 28.4 Å². The summed E-state index contributed by atoms with van der Waals surface area (Å²) >= 11 is 0. The Morgan fingerprint density at radius 1 is 0.766 bits per heavy atom. The van der Waals surface area contributed by atoms with Crippen molar-refractivity contribution in [3.05, 3.63) is 36.5 Å². The van der Waals surface area contributed by atoms with Gasteiger partial charge in [0.25, 0.3) is 0 Å². The van der Waals surface area contributed by atoms with Crippen molar-refractivity contribution in [2.45, 2.75) is 149 Å². The maximum absolute atomic E-state index is 13.0. The van der Waals surface area contributed by atoms with Gasteiger partial charge in [-0.1, -0.05) is 63.1 Å². The first-order valence-corrected chi connectivity index (χ1v) is 19.1. The van der Waals surface area contributed by atoms with Gasteiger partial charge in [0, 0.05) is 0 Å². The second kappa shape index (κ2) is 12.5. The normalized spacial score (nSPS) is 46.0. The van der Waals surface area contributed by atoms with Crippen LogP contribution in [0.15, 0.2) is 36.5 Å². The molecule has 1 saturated heterocycles. The molecule has 0 spiro atoms. The predicted molar refractivity (Wildman–Crippen MR) is 187 cm³/mol. The fraction of sp³-hybridized carbons (Fsp3) is 0.810. The lowest BCUT2D eigenvalue weighted by molar-refractivity contribution is -0.168. The maximum Gasteiger partial charge on any atom is 0.311 e. The van der Waals surface area contributed by atoms with Crippen LogP contribution in [0.25, 0.3) is 0 Å². The Kier molecular flexibility index (Phi) is 9.27. The average molecular weight is 649 g/mol. The lowest BCUT2D eigenvalue weighted by atomic mass is 9.46. The largest absolute Gasteiger partial charge is 0.469 e. The summed E-state index contributed by atoms with van der Waals surface area (Å²) < 4.78 is 17.3. The molecule has 1 aliphatic heterocycles. The van der Waals surface area contributed by atoms with Crippen LogP contribution in [-0.2, 0) is 23.8 Å². The van der Waals surface area contributed by atoms with Gasteiger partial charge >= 0.3 is 11.9 Å². The molecular weight excluding hydrogens is 584 g/mol. The minimum Gasteiger partial charge on any atom is -0.469 e. The summed E-state index contributed by atoms with van der Waals surface area (Å²) in [5, 5.41) is 0. The summed E-state index contributed by atoms with van der Waals surface area (Å²) in [6, 6.07) is 0. The van der Waals surface area contributed by atoms with Crippen LogP contribution in [0, 0.1) is 51.2 Å². The standard InChI is InChI=1S/C42H64O5/c1-27(12-15-31-28(2)13-16-33-38(31,4)20-10-22-40(33,6)36(43)45-8)30-18-24-42(35(26-30)47-42)25-19-32-29(3)14-17-34-39(32,5)21-11-23-41(34,7)37(44)46-9/h30-35H,1-3,10-26H2,4-9H3. The smallest absolute Gasteiger partial charge is 0.311 e. The Hall–Kier alpha value is -1.88. The SMILES string of the molecule is C=C(CCC1C(=C)CCC2C(C)(C(=O)OC)CCCC12C)C1CCC2(CCC3C(=C)CCC4C(C)(C(=O)OC)CCCC34C)OC2C1. The fourth-order valence-electron chi connectivity index (χ4n) is 13.1. The number of esters is 2. The third-order valence-corrected chi connectivity index (χ3v) is 15.9. The first-order chi connectivity index (χ1) is 22.2. The zero-order valence-corrected chi connectivity index (χ0v) is 30.6. The van der Waals surface area contributed by atoms with Crippen LogP contribution in [0.1, 0.15) is 137 Å². The number of carbonyl (C=O) groups is 2. The van der Waals surface area contributed by atoms with Gasteiger partial charge in [-0.25, -0.2) is 0 Å².